The van der Waals surface area contributed by atoms with Gasteiger partial charge in [0.15, 0.2) is 0 Å². The summed E-state index contributed by atoms with van der Waals surface area (Å²) in [7, 11) is 0. The Morgan fingerprint density at radius 2 is 0.660 bits per heavy atom. The Kier molecular flexibility index (Phi) is 17.1. The van der Waals surface area contributed by atoms with Gasteiger partial charge in [-0.25, -0.2) is 0 Å². The first-order valence-electron chi connectivity index (χ1n) is 16.5. The fourth-order valence-corrected chi connectivity index (χ4v) is 4.55. The largest absolute Gasteiger partial charge is 0.369 e. The number of benzene rings is 2. The number of guanidine groups is 4. The Bertz CT molecular complexity index is 1620. The third-order valence-electron chi connectivity index (χ3n) is 7.17. The summed E-state index contributed by atoms with van der Waals surface area (Å²) < 4.78 is 0. The van der Waals surface area contributed by atoms with E-state index in [-0.39, 0.29) is 35.7 Å². The molecule has 0 spiro atoms. The van der Waals surface area contributed by atoms with Crippen LogP contribution in [-0.4, -0.2) is 58.5 Å². The standard InChI is InChI=1S/C33H50N18O2/c1-18(44-48-30(34)35)22-12-23(19(2)45-49-31(36)37)15-26(14-22)42-28(52)10-8-6-5-7-9-11-29(53)43-27-16-24(20(3)46-50-32(38)39)13-25(17-27)21(4)47-51-33(40)41/h12-17H,5-11H2,1-4H3,(H,42,52)(H,43,53)(H4,34,35,48)(H4,36,37,49)(H4,38,39,50)(H4,40,41,51)/b44-18-,45-19+,46-20-,47-21+. The molecule has 20 nitrogen and oxygen atoms in total. The van der Waals surface area contributed by atoms with Crippen LogP contribution in [0.1, 0.15) is 94.9 Å². The molecule has 0 saturated carbocycles. The predicted octanol–water partition coefficient (Wildman–Crippen LogP) is 0.984. The maximum Gasteiger partial charge on any atom is 0.224 e. The van der Waals surface area contributed by atoms with E-state index in [2.05, 4.69) is 51.4 Å². The highest BCUT2D eigenvalue weighted by molar-refractivity contribution is 6.07. The van der Waals surface area contributed by atoms with Crippen molar-refractivity contribution in [1.82, 2.24) is 0 Å². The first-order chi connectivity index (χ1) is 25.0. The molecular weight excluding hydrogens is 680 g/mol. The van der Waals surface area contributed by atoms with Gasteiger partial charge in [-0.1, -0.05) is 19.3 Å². The Hall–Kier alpha value is -6.86. The van der Waals surface area contributed by atoms with Crippen molar-refractivity contribution in [1.29, 1.82) is 0 Å². The quantitative estimate of drug-likeness (QED) is 0.0448. The van der Waals surface area contributed by atoms with E-state index in [1.807, 2.05) is 0 Å². The number of hydrogen-bond acceptors (Lipinski definition) is 10. The van der Waals surface area contributed by atoms with E-state index in [9.17, 15) is 9.59 Å². The van der Waals surface area contributed by atoms with Crippen molar-refractivity contribution in [3.05, 3.63) is 58.7 Å². The molecule has 0 aliphatic rings. The van der Waals surface area contributed by atoms with Crippen LogP contribution in [0.25, 0.3) is 0 Å². The normalized spacial score (nSPS) is 12.0. The Balaban J connectivity index is 1.96. The topological polar surface area (TPSA) is 365 Å². The average molecular weight is 731 g/mol. The molecule has 0 aliphatic heterocycles. The van der Waals surface area contributed by atoms with Gasteiger partial charge in [0.05, 0.1) is 22.8 Å². The summed E-state index contributed by atoms with van der Waals surface area (Å²) in [5, 5.41) is 36.8. The summed E-state index contributed by atoms with van der Waals surface area (Å²) in [6, 6.07) is 10.6. The molecule has 2 aromatic rings. The maximum atomic E-state index is 12.8. The second-order valence-electron chi connectivity index (χ2n) is 11.8. The van der Waals surface area contributed by atoms with Gasteiger partial charge < -0.3 is 56.5 Å². The van der Waals surface area contributed by atoms with Crippen LogP contribution < -0.4 is 56.5 Å². The van der Waals surface area contributed by atoms with Crippen molar-refractivity contribution in [2.45, 2.75) is 72.6 Å². The smallest absolute Gasteiger partial charge is 0.224 e. The number of anilines is 2. The molecule has 0 fully saturated rings. The first kappa shape index (κ1) is 42.3. The van der Waals surface area contributed by atoms with Crippen LogP contribution in [0.5, 0.6) is 0 Å². The number of amides is 2. The van der Waals surface area contributed by atoms with Crippen molar-refractivity contribution in [3.63, 3.8) is 0 Å². The highest BCUT2D eigenvalue weighted by Crippen LogP contribution is 2.20. The minimum atomic E-state index is -0.190. The molecule has 53 heavy (non-hydrogen) atoms. The second kappa shape index (κ2) is 21.4. The summed E-state index contributed by atoms with van der Waals surface area (Å²) in [6.45, 7) is 6.89. The number of carbonyl (C=O) groups excluding carboxylic acids is 2. The molecule has 0 aromatic heterocycles. The molecule has 2 aromatic carbocycles. The molecule has 0 heterocycles. The number of carbonyl (C=O) groups is 2. The third-order valence-corrected chi connectivity index (χ3v) is 7.17. The maximum absolute atomic E-state index is 12.8. The molecule has 0 unspecified atom stereocenters. The fraction of sp³-hybridized carbons (Fsp3) is 0.333. The first-order valence-corrected chi connectivity index (χ1v) is 16.5. The lowest BCUT2D eigenvalue weighted by atomic mass is 10.0. The van der Waals surface area contributed by atoms with E-state index in [4.69, 9.17) is 45.9 Å². The van der Waals surface area contributed by atoms with Gasteiger partial charge in [-0.15, -0.1) is 20.4 Å². The molecule has 0 atom stereocenters. The lowest BCUT2D eigenvalue weighted by Crippen LogP contribution is -2.22. The molecule has 0 bridgehead atoms. The zero-order valence-electron chi connectivity index (χ0n) is 30.4. The lowest BCUT2D eigenvalue weighted by molar-refractivity contribution is -0.117. The van der Waals surface area contributed by atoms with Gasteiger partial charge in [0.1, 0.15) is 0 Å². The van der Waals surface area contributed by atoms with Crippen LogP contribution in [0.3, 0.4) is 0 Å². The highest BCUT2D eigenvalue weighted by atomic mass is 16.2. The molecule has 284 valence electrons. The monoisotopic (exact) mass is 730 g/mol. The van der Waals surface area contributed by atoms with E-state index in [1.165, 1.54) is 0 Å². The van der Waals surface area contributed by atoms with Crippen LogP contribution in [0.2, 0.25) is 0 Å². The highest BCUT2D eigenvalue weighted by Gasteiger charge is 2.12. The summed E-state index contributed by atoms with van der Waals surface area (Å²) in [4.78, 5) is 25.7. The van der Waals surface area contributed by atoms with Gasteiger partial charge in [0.2, 0.25) is 35.7 Å². The van der Waals surface area contributed by atoms with E-state index < -0.39 is 0 Å². The van der Waals surface area contributed by atoms with Gasteiger partial charge in [-0.2, -0.15) is 20.4 Å². The van der Waals surface area contributed by atoms with Gasteiger partial charge >= 0.3 is 0 Å². The number of nitrogens with two attached hydrogens (primary N) is 8. The zero-order valence-corrected chi connectivity index (χ0v) is 30.4. The fourth-order valence-electron chi connectivity index (χ4n) is 4.55. The zero-order chi connectivity index (χ0) is 39.5. The molecule has 2 rings (SSSR count). The van der Waals surface area contributed by atoms with E-state index in [0.717, 1.165) is 19.3 Å². The SMILES string of the molecule is C/C(=N/N=C(N)N)c1cc(NC(=O)CCCCCCCC(=O)Nc2cc(/C(C)=N\N=C(N)N)cc(/C(C)=N/N=C(N)N)c2)cc(/C(C)=N/N=C(N)N)c1. The van der Waals surface area contributed by atoms with Crippen molar-refractivity contribution >= 4 is 69.9 Å². The number of nitrogens with one attached hydrogen (secondary N) is 2. The van der Waals surface area contributed by atoms with E-state index in [0.29, 0.717) is 82.2 Å². The van der Waals surface area contributed by atoms with Gasteiger partial charge in [-0.05, 0) is 76.9 Å². The predicted molar refractivity (Wildman–Crippen MR) is 215 cm³/mol. The van der Waals surface area contributed by atoms with E-state index >= 15 is 0 Å². The molecule has 0 saturated heterocycles. The minimum Gasteiger partial charge on any atom is -0.369 e. The van der Waals surface area contributed by atoms with Crippen LogP contribution in [0.15, 0.2) is 77.2 Å². The lowest BCUT2D eigenvalue weighted by Gasteiger charge is -2.11. The number of hydrogen-bond donors (Lipinski definition) is 10. The van der Waals surface area contributed by atoms with Crippen molar-refractivity contribution < 1.29 is 9.59 Å². The van der Waals surface area contributed by atoms with Crippen LogP contribution in [0, 0.1) is 0 Å². The summed E-state index contributed by atoms with van der Waals surface area (Å²) in [6.07, 6.45) is 4.40. The average Bonchev–Trinajstić information content (AvgIpc) is 3.09. The van der Waals surface area contributed by atoms with Crippen molar-refractivity contribution in [2.75, 3.05) is 10.6 Å². The van der Waals surface area contributed by atoms with Crippen molar-refractivity contribution in [2.24, 2.45) is 86.7 Å². The molecule has 20 heteroatoms. The molecule has 0 radical (unpaired) electrons. The molecule has 18 N–H and O–H groups in total. The molecule has 0 aliphatic carbocycles. The summed E-state index contributed by atoms with van der Waals surface area (Å²) in [5.74, 6) is -1.09. The van der Waals surface area contributed by atoms with Gasteiger partial charge in [0, 0.05) is 46.5 Å². The van der Waals surface area contributed by atoms with E-state index in [1.54, 1.807) is 64.1 Å². The van der Waals surface area contributed by atoms with Gasteiger partial charge in [-0.3, -0.25) is 9.59 Å². The molecule has 2 amide bonds. The van der Waals surface area contributed by atoms with Gasteiger partial charge in [0.25, 0.3) is 0 Å². The third kappa shape index (κ3) is 16.6. The van der Waals surface area contributed by atoms with Crippen molar-refractivity contribution in [3.8, 4) is 0 Å². The Morgan fingerprint density at radius 3 is 0.906 bits per heavy atom. The van der Waals surface area contributed by atoms with Crippen LogP contribution in [0.4, 0.5) is 11.4 Å². The molecular formula is C33H50N18O2. The Labute approximate surface area is 307 Å². The number of nitrogens with zero attached hydrogens (tertiary/aromatic N) is 8. The number of rotatable bonds is 18. The van der Waals surface area contributed by atoms with Crippen LogP contribution in [-0.2, 0) is 9.59 Å². The number of unbranched alkanes of at least 4 members (excludes halogenated alkanes) is 4. The van der Waals surface area contributed by atoms with Crippen LogP contribution >= 0.6 is 0 Å². The minimum absolute atomic E-state index is 0.163. The summed E-state index contributed by atoms with van der Waals surface area (Å²) in [5.41, 5.74) is 48.9. The Morgan fingerprint density at radius 1 is 0.415 bits per heavy atom. The summed E-state index contributed by atoms with van der Waals surface area (Å²) >= 11 is 0. The second-order valence-corrected chi connectivity index (χ2v) is 11.8.